The minimum atomic E-state index is -0.800. The van der Waals surface area contributed by atoms with Crippen molar-refractivity contribution in [1.29, 1.82) is 0 Å². The Morgan fingerprint density at radius 3 is 2.30 bits per heavy atom. The van der Waals surface area contributed by atoms with Gasteiger partial charge in [-0.15, -0.1) is 24.8 Å². The zero-order valence-corrected chi connectivity index (χ0v) is 15.0. The Morgan fingerprint density at radius 1 is 1.30 bits per heavy atom. The quantitative estimate of drug-likeness (QED) is 0.832. The van der Waals surface area contributed by atoms with E-state index in [1.807, 2.05) is 0 Å². The summed E-state index contributed by atoms with van der Waals surface area (Å²) >= 11 is 0. The fourth-order valence-electron chi connectivity index (χ4n) is 2.38. The first kappa shape index (κ1) is 22.3. The van der Waals surface area contributed by atoms with Crippen LogP contribution in [0, 0.1) is 5.92 Å². The number of amides is 1. The van der Waals surface area contributed by atoms with E-state index in [4.69, 9.17) is 5.73 Å². The minimum Gasteiger partial charge on any atom is -0.353 e. The largest absolute Gasteiger partial charge is 0.353 e. The van der Waals surface area contributed by atoms with Crippen molar-refractivity contribution in [3.05, 3.63) is 0 Å². The Hall–Kier alpha value is -0.0300. The van der Waals surface area contributed by atoms with Crippen LogP contribution in [0.25, 0.3) is 0 Å². The number of rotatable bonds is 4. The van der Waals surface area contributed by atoms with Crippen LogP contribution in [0.2, 0.25) is 0 Å². The number of hydrogen-bond acceptors (Lipinski definition) is 3. The molecule has 0 aromatic heterocycles. The molecule has 3 N–H and O–H groups in total. The lowest BCUT2D eigenvalue weighted by atomic mass is 9.93. The van der Waals surface area contributed by atoms with Gasteiger partial charge in [0.1, 0.15) is 0 Å². The first-order chi connectivity index (χ1) is 8.13. The summed E-state index contributed by atoms with van der Waals surface area (Å²) in [6.07, 6.45) is 2.57. The van der Waals surface area contributed by atoms with Crippen LogP contribution in [0.5, 0.6) is 0 Å². The second kappa shape index (κ2) is 8.42. The predicted molar refractivity (Wildman–Crippen MR) is 89.8 cm³/mol. The van der Waals surface area contributed by atoms with Gasteiger partial charge in [-0.1, -0.05) is 6.92 Å². The minimum absolute atomic E-state index is 0. The summed E-state index contributed by atoms with van der Waals surface area (Å²) < 4.78 is 0. The van der Waals surface area contributed by atoms with Gasteiger partial charge < -0.3 is 11.1 Å². The number of likely N-dealkylation sites (tertiary alicyclic amines) is 1. The average molecular weight is 328 g/mol. The first-order valence-corrected chi connectivity index (χ1v) is 6.95. The maximum Gasteiger partial charge on any atom is 0.239 e. The zero-order valence-electron chi connectivity index (χ0n) is 13.4. The van der Waals surface area contributed by atoms with Crippen molar-refractivity contribution >= 4 is 30.7 Å². The van der Waals surface area contributed by atoms with Gasteiger partial charge in [0.05, 0.1) is 5.54 Å². The second-order valence-corrected chi connectivity index (χ2v) is 6.91. The molecule has 1 saturated heterocycles. The fraction of sp³-hybridized carbons (Fsp3) is 0.929. The molecule has 0 radical (unpaired) electrons. The molecule has 1 fully saturated rings. The highest BCUT2D eigenvalue weighted by Crippen LogP contribution is 2.23. The van der Waals surface area contributed by atoms with Gasteiger partial charge in [0.15, 0.2) is 0 Å². The smallest absolute Gasteiger partial charge is 0.239 e. The van der Waals surface area contributed by atoms with E-state index >= 15 is 0 Å². The van der Waals surface area contributed by atoms with Gasteiger partial charge in [-0.25, -0.2) is 0 Å². The van der Waals surface area contributed by atoms with Crippen LogP contribution in [0.1, 0.15) is 47.5 Å². The van der Waals surface area contributed by atoms with E-state index in [9.17, 15) is 4.79 Å². The van der Waals surface area contributed by atoms with Gasteiger partial charge in [0.2, 0.25) is 5.91 Å². The number of halogens is 2. The van der Waals surface area contributed by atoms with Crippen LogP contribution in [0.4, 0.5) is 0 Å². The maximum absolute atomic E-state index is 11.8. The Bertz CT molecular complexity index is 303. The van der Waals surface area contributed by atoms with Crippen LogP contribution in [0.3, 0.4) is 0 Å². The van der Waals surface area contributed by atoms with Gasteiger partial charge >= 0.3 is 0 Å². The number of nitrogens with zero attached hydrogens (tertiary/aromatic N) is 1. The first-order valence-electron chi connectivity index (χ1n) is 6.95. The molecule has 1 aliphatic heterocycles. The highest BCUT2D eigenvalue weighted by molar-refractivity contribution is 5.86. The van der Waals surface area contributed by atoms with E-state index in [1.54, 1.807) is 13.8 Å². The van der Waals surface area contributed by atoms with Crippen LogP contribution >= 0.6 is 24.8 Å². The molecule has 0 aliphatic carbocycles. The predicted octanol–water partition coefficient (Wildman–Crippen LogP) is 2.19. The molecule has 0 spiro atoms. The van der Waals surface area contributed by atoms with Crippen molar-refractivity contribution in [3.63, 3.8) is 0 Å². The summed E-state index contributed by atoms with van der Waals surface area (Å²) in [7, 11) is 0. The highest BCUT2D eigenvalue weighted by Gasteiger charge is 2.31. The molecule has 1 atom stereocenters. The Morgan fingerprint density at radius 2 is 1.85 bits per heavy atom. The molecule has 1 unspecified atom stereocenters. The molecule has 1 aliphatic rings. The van der Waals surface area contributed by atoms with Crippen molar-refractivity contribution < 1.29 is 4.79 Å². The molecule has 0 aromatic carbocycles. The molecule has 1 heterocycles. The summed E-state index contributed by atoms with van der Waals surface area (Å²) in [5.41, 5.74) is 4.98. The number of hydrogen-bond donors (Lipinski definition) is 2. The lowest BCUT2D eigenvalue weighted by Crippen LogP contribution is -2.58. The number of nitrogens with one attached hydrogen (secondary N) is 1. The van der Waals surface area contributed by atoms with Crippen molar-refractivity contribution in [2.45, 2.75) is 58.5 Å². The van der Waals surface area contributed by atoms with E-state index in [1.165, 1.54) is 12.8 Å². The highest BCUT2D eigenvalue weighted by atomic mass is 35.5. The Labute approximate surface area is 136 Å². The van der Waals surface area contributed by atoms with E-state index in [2.05, 4.69) is 31.0 Å². The molecule has 122 valence electrons. The molecule has 1 amide bonds. The van der Waals surface area contributed by atoms with E-state index in [0.717, 1.165) is 19.0 Å². The van der Waals surface area contributed by atoms with Gasteiger partial charge in [-0.2, -0.15) is 0 Å². The van der Waals surface area contributed by atoms with Crippen molar-refractivity contribution in [1.82, 2.24) is 10.2 Å². The molecule has 0 aromatic rings. The fourth-order valence-corrected chi connectivity index (χ4v) is 2.38. The summed E-state index contributed by atoms with van der Waals surface area (Å²) in [6.45, 7) is 13.0. The lowest BCUT2D eigenvalue weighted by molar-refractivity contribution is -0.125. The second-order valence-electron chi connectivity index (χ2n) is 6.91. The third kappa shape index (κ3) is 6.61. The van der Waals surface area contributed by atoms with Gasteiger partial charge in [0.25, 0.3) is 0 Å². The van der Waals surface area contributed by atoms with Gasteiger partial charge in [0, 0.05) is 18.6 Å². The summed E-state index contributed by atoms with van der Waals surface area (Å²) in [5, 5.41) is 2.97. The number of carbonyl (C=O) groups excluding carboxylic acids is 1. The standard InChI is InChI=1S/C14H29N3O.2ClH/c1-11-7-6-8-17(9-11)13(2,3)10-16-12(18)14(4,5)15;;/h11H,6-10,15H2,1-5H3,(H,16,18);2*1H. The number of piperidine rings is 1. The van der Waals surface area contributed by atoms with Gasteiger partial charge in [-0.05, 0) is 53.0 Å². The van der Waals surface area contributed by atoms with Crippen LogP contribution < -0.4 is 11.1 Å². The molecule has 0 saturated carbocycles. The van der Waals surface area contributed by atoms with E-state index in [0.29, 0.717) is 6.54 Å². The maximum atomic E-state index is 11.8. The number of carbonyl (C=O) groups is 1. The Kier molecular flexibility index (Phi) is 9.37. The lowest BCUT2D eigenvalue weighted by Gasteiger charge is -2.43. The third-order valence-corrected chi connectivity index (χ3v) is 3.78. The Balaban J connectivity index is 0. The summed E-state index contributed by atoms with van der Waals surface area (Å²) in [5.74, 6) is 0.667. The van der Waals surface area contributed by atoms with Crippen LogP contribution in [-0.4, -0.2) is 41.5 Å². The SMILES string of the molecule is CC1CCCN(C(C)(C)CNC(=O)C(C)(C)N)C1.Cl.Cl. The topological polar surface area (TPSA) is 58.4 Å². The molecule has 6 heteroatoms. The number of nitrogens with two attached hydrogens (primary N) is 1. The summed E-state index contributed by atoms with van der Waals surface area (Å²) in [6, 6.07) is 0. The van der Waals surface area contributed by atoms with E-state index < -0.39 is 5.54 Å². The van der Waals surface area contributed by atoms with Crippen molar-refractivity contribution in [3.8, 4) is 0 Å². The molecular formula is C14H31Cl2N3O. The van der Waals surface area contributed by atoms with Crippen molar-refractivity contribution in [2.24, 2.45) is 11.7 Å². The van der Waals surface area contributed by atoms with Crippen LogP contribution in [-0.2, 0) is 4.79 Å². The molecule has 0 bridgehead atoms. The average Bonchev–Trinajstić information content (AvgIpc) is 2.24. The molecule has 20 heavy (non-hydrogen) atoms. The zero-order chi connectivity index (χ0) is 14.0. The van der Waals surface area contributed by atoms with Crippen molar-refractivity contribution in [2.75, 3.05) is 19.6 Å². The summed E-state index contributed by atoms with van der Waals surface area (Å²) in [4.78, 5) is 14.3. The molecule has 4 nitrogen and oxygen atoms in total. The normalized spacial score (nSPS) is 20.6. The van der Waals surface area contributed by atoms with Crippen LogP contribution in [0.15, 0.2) is 0 Å². The van der Waals surface area contributed by atoms with E-state index in [-0.39, 0.29) is 36.3 Å². The molecule has 1 rings (SSSR count). The third-order valence-electron chi connectivity index (χ3n) is 3.78. The molecular weight excluding hydrogens is 297 g/mol. The van der Waals surface area contributed by atoms with Gasteiger partial charge in [-0.3, -0.25) is 9.69 Å². The monoisotopic (exact) mass is 327 g/mol.